The maximum Gasteiger partial charge on any atom is 0.338 e. The third-order valence-electron chi connectivity index (χ3n) is 6.19. The molecule has 0 unspecified atom stereocenters. The predicted octanol–water partition coefficient (Wildman–Crippen LogP) is 8.75. The Kier molecular flexibility index (Phi) is 11.6. The smallest absolute Gasteiger partial charge is 0.338 e. The molecule has 0 saturated carbocycles. The number of esters is 1. The summed E-state index contributed by atoms with van der Waals surface area (Å²) in [5, 5.41) is 2.26. The van der Waals surface area contributed by atoms with E-state index < -0.39 is 0 Å². The van der Waals surface area contributed by atoms with E-state index in [2.05, 4.69) is 31.2 Å². The number of fused-ring (bicyclic) bond motifs is 1. The van der Waals surface area contributed by atoms with Crippen LogP contribution in [-0.4, -0.2) is 19.2 Å². The Morgan fingerprint density at radius 1 is 0.722 bits per heavy atom. The fourth-order valence-electron chi connectivity index (χ4n) is 4.04. The Hall–Kier alpha value is -3.01. The summed E-state index contributed by atoms with van der Waals surface area (Å²) in [6.07, 6.45) is 10.4. The number of rotatable bonds is 16. The lowest BCUT2D eigenvalue weighted by Crippen LogP contribution is -2.10. The summed E-state index contributed by atoms with van der Waals surface area (Å²) in [4.78, 5) is 12.1. The van der Waals surface area contributed by atoms with Crippen molar-refractivity contribution in [2.24, 2.45) is 5.92 Å². The lowest BCUT2D eigenvalue weighted by molar-refractivity contribution is 0.0459. The van der Waals surface area contributed by atoms with E-state index in [1.165, 1.54) is 44.9 Å². The topological polar surface area (TPSA) is 44.8 Å². The molecular formula is C32H42O4. The number of ether oxygens (including phenoxy) is 3. The fourth-order valence-corrected chi connectivity index (χ4v) is 4.04. The van der Waals surface area contributed by atoms with Crippen molar-refractivity contribution < 1.29 is 19.0 Å². The van der Waals surface area contributed by atoms with Crippen molar-refractivity contribution >= 4 is 16.7 Å². The molecule has 0 spiro atoms. The maximum absolute atomic E-state index is 12.1. The van der Waals surface area contributed by atoms with Gasteiger partial charge < -0.3 is 14.2 Å². The number of unbranched alkanes of at least 4 members (excludes halogenated alkanes) is 7. The van der Waals surface area contributed by atoms with Gasteiger partial charge in [0.15, 0.2) is 0 Å². The SMILES string of the molecule is CCCCCCCCCCOc1ccc2cc(OCc3ccc(C(=O)OCC(C)C)cc3)ccc2c1. The summed E-state index contributed by atoms with van der Waals surface area (Å²) in [5.41, 5.74) is 1.56. The van der Waals surface area contributed by atoms with Crippen molar-refractivity contribution in [1.29, 1.82) is 0 Å². The minimum absolute atomic E-state index is 0.285. The lowest BCUT2D eigenvalue weighted by Gasteiger charge is -2.10. The average Bonchev–Trinajstić information content (AvgIpc) is 2.89. The Balaban J connectivity index is 1.42. The van der Waals surface area contributed by atoms with E-state index in [0.717, 1.165) is 40.9 Å². The Bertz CT molecular complexity index is 1060. The van der Waals surface area contributed by atoms with Gasteiger partial charge in [0.2, 0.25) is 0 Å². The van der Waals surface area contributed by atoms with Gasteiger partial charge in [-0.15, -0.1) is 0 Å². The molecule has 0 N–H and O–H groups in total. The molecule has 3 aromatic rings. The van der Waals surface area contributed by atoms with Crippen LogP contribution in [-0.2, 0) is 11.3 Å². The molecule has 3 rings (SSSR count). The van der Waals surface area contributed by atoms with Crippen molar-refractivity contribution in [1.82, 2.24) is 0 Å². The van der Waals surface area contributed by atoms with Crippen LogP contribution in [0.25, 0.3) is 10.8 Å². The van der Waals surface area contributed by atoms with Gasteiger partial charge in [-0.05, 0) is 65.1 Å². The van der Waals surface area contributed by atoms with Gasteiger partial charge in [-0.3, -0.25) is 0 Å². The van der Waals surface area contributed by atoms with Crippen molar-refractivity contribution in [3.05, 3.63) is 71.8 Å². The molecular weight excluding hydrogens is 448 g/mol. The third kappa shape index (κ3) is 9.56. The van der Waals surface area contributed by atoms with Crippen LogP contribution in [0.15, 0.2) is 60.7 Å². The van der Waals surface area contributed by atoms with Crippen LogP contribution in [0.5, 0.6) is 11.5 Å². The van der Waals surface area contributed by atoms with E-state index in [1.807, 2.05) is 38.1 Å². The van der Waals surface area contributed by atoms with Crippen LogP contribution in [0.1, 0.15) is 88.1 Å². The van der Waals surface area contributed by atoms with Gasteiger partial charge in [0.05, 0.1) is 18.8 Å². The first-order chi connectivity index (χ1) is 17.5. The van der Waals surface area contributed by atoms with Gasteiger partial charge in [0.25, 0.3) is 0 Å². The molecule has 194 valence electrons. The van der Waals surface area contributed by atoms with Gasteiger partial charge in [-0.2, -0.15) is 0 Å². The molecule has 0 aliphatic heterocycles. The standard InChI is InChI=1S/C32H42O4/c1-4-5-6-7-8-9-10-11-20-34-30-18-16-29-22-31(19-17-28(29)21-30)35-24-26-12-14-27(15-13-26)32(33)36-23-25(2)3/h12-19,21-22,25H,4-11,20,23-24H2,1-3H3. The molecule has 0 aromatic heterocycles. The molecule has 0 radical (unpaired) electrons. The summed E-state index contributed by atoms with van der Waals surface area (Å²) >= 11 is 0. The van der Waals surface area contributed by atoms with Crippen LogP contribution in [0.4, 0.5) is 0 Å². The first kappa shape index (κ1) is 27.6. The normalized spacial score (nSPS) is 11.1. The molecule has 0 heterocycles. The van der Waals surface area contributed by atoms with Crippen LogP contribution < -0.4 is 9.47 Å². The molecule has 0 bridgehead atoms. The quantitative estimate of drug-likeness (QED) is 0.149. The first-order valence-electron chi connectivity index (χ1n) is 13.6. The summed E-state index contributed by atoms with van der Waals surface area (Å²) in [6.45, 7) is 7.94. The van der Waals surface area contributed by atoms with Crippen molar-refractivity contribution in [2.45, 2.75) is 78.7 Å². The van der Waals surface area contributed by atoms with E-state index in [4.69, 9.17) is 14.2 Å². The zero-order chi connectivity index (χ0) is 25.6. The number of carbonyl (C=O) groups excluding carboxylic acids is 1. The highest BCUT2D eigenvalue weighted by molar-refractivity contribution is 5.89. The summed E-state index contributed by atoms with van der Waals surface area (Å²) < 4.78 is 17.3. The van der Waals surface area contributed by atoms with Crippen molar-refractivity contribution in [3.8, 4) is 11.5 Å². The largest absolute Gasteiger partial charge is 0.494 e. The molecule has 0 amide bonds. The van der Waals surface area contributed by atoms with E-state index >= 15 is 0 Å². The average molecular weight is 491 g/mol. The van der Waals surface area contributed by atoms with Gasteiger partial charge in [-0.25, -0.2) is 4.79 Å². The molecule has 0 aliphatic rings. The van der Waals surface area contributed by atoms with E-state index in [-0.39, 0.29) is 5.97 Å². The number of hydrogen-bond acceptors (Lipinski definition) is 4. The fraction of sp³-hybridized carbons (Fsp3) is 0.469. The molecule has 0 aliphatic carbocycles. The Labute approximate surface area is 217 Å². The summed E-state index contributed by atoms with van der Waals surface area (Å²) in [5.74, 6) is 1.77. The number of hydrogen-bond donors (Lipinski definition) is 0. The lowest BCUT2D eigenvalue weighted by atomic mass is 10.1. The van der Waals surface area contributed by atoms with E-state index in [1.54, 1.807) is 12.1 Å². The Morgan fingerprint density at radius 3 is 1.92 bits per heavy atom. The Morgan fingerprint density at radius 2 is 1.31 bits per heavy atom. The highest BCUT2D eigenvalue weighted by Gasteiger charge is 2.08. The first-order valence-corrected chi connectivity index (χ1v) is 13.6. The van der Waals surface area contributed by atoms with Crippen LogP contribution in [0, 0.1) is 5.92 Å². The molecule has 4 nitrogen and oxygen atoms in total. The molecule has 4 heteroatoms. The molecule has 0 saturated heterocycles. The summed E-state index contributed by atoms with van der Waals surface area (Å²) in [7, 11) is 0. The molecule has 0 atom stereocenters. The predicted molar refractivity (Wildman–Crippen MR) is 148 cm³/mol. The van der Waals surface area contributed by atoms with Crippen molar-refractivity contribution in [3.63, 3.8) is 0 Å². The third-order valence-corrected chi connectivity index (χ3v) is 6.19. The second kappa shape index (κ2) is 15.2. The van der Waals surface area contributed by atoms with Gasteiger partial charge in [0.1, 0.15) is 18.1 Å². The van der Waals surface area contributed by atoms with Crippen LogP contribution in [0.2, 0.25) is 0 Å². The summed E-state index contributed by atoms with van der Waals surface area (Å²) in [6, 6.07) is 19.7. The monoisotopic (exact) mass is 490 g/mol. The van der Waals surface area contributed by atoms with Gasteiger partial charge in [-0.1, -0.05) is 90.0 Å². The zero-order valence-corrected chi connectivity index (χ0v) is 22.3. The van der Waals surface area contributed by atoms with E-state index in [0.29, 0.717) is 24.7 Å². The molecule has 3 aromatic carbocycles. The zero-order valence-electron chi connectivity index (χ0n) is 22.3. The number of carbonyl (C=O) groups is 1. The second-order valence-electron chi connectivity index (χ2n) is 9.97. The molecule has 36 heavy (non-hydrogen) atoms. The highest BCUT2D eigenvalue weighted by atomic mass is 16.5. The van der Waals surface area contributed by atoms with Crippen LogP contribution >= 0.6 is 0 Å². The second-order valence-corrected chi connectivity index (χ2v) is 9.97. The van der Waals surface area contributed by atoms with Crippen LogP contribution in [0.3, 0.4) is 0 Å². The highest BCUT2D eigenvalue weighted by Crippen LogP contribution is 2.26. The molecule has 0 fully saturated rings. The maximum atomic E-state index is 12.1. The van der Waals surface area contributed by atoms with Crippen molar-refractivity contribution in [2.75, 3.05) is 13.2 Å². The van der Waals surface area contributed by atoms with Gasteiger partial charge >= 0.3 is 5.97 Å². The number of benzene rings is 3. The minimum Gasteiger partial charge on any atom is -0.494 e. The minimum atomic E-state index is -0.285. The van der Waals surface area contributed by atoms with E-state index in [9.17, 15) is 4.79 Å². The van der Waals surface area contributed by atoms with Gasteiger partial charge in [0, 0.05) is 0 Å².